The lowest BCUT2D eigenvalue weighted by Crippen LogP contribution is -2.17. The van der Waals surface area contributed by atoms with Crippen LogP contribution in [0.1, 0.15) is 36.9 Å². The van der Waals surface area contributed by atoms with Crippen molar-refractivity contribution in [1.82, 2.24) is 15.5 Å². The predicted octanol–water partition coefficient (Wildman–Crippen LogP) is 3.86. The zero-order chi connectivity index (χ0) is 14.7. The van der Waals surface area contributed by atoms with Crippen LogP contribution in [0.25, 0.3) is 0 Å². The number of halogens is 1. The van der Waals surface area contributed by atoms with Crippen molar-refractivity contribution >= 4 is 27.6 Å². The summed E-state index contributed by atoms with van der Waals surface area (Å²) in [6.07, 6.45) is 0. The molecule has 0 fully saturated rings. The molecule has 0 bridgehead atoms. The van der Waals surface area contributed by atoms with Crippen molar-refractivity contribution in [3.8, 4) is 0 Å². The van der Waals surface area contributed by atoms with Crippen LogP contribution in [0.3, 0.4) is 0 Å². The number of rotatable bonds is 5. The third-order valence-electron chi connectivity index (χ3n) is 3.05. The molecule has 5 nitrogen and oxygen atoms in total. The Morgan fingerprint density at radius 1 is 1.25 bits per heavy atom. The van der Waals surface area contributed by atoms with Crippen molar-refractivity contribution in [3.05, 3.63) is 33.6 Å². The maximum atomic E-state index is 5.63. The van der Waals surface area contributed by atoms with Gasteiger partial charge in [-0.1, -0.05) is 28.0 Å². The molecule has 1 atom stereocenters. The fourth-order valence-corrected chi connectivity index (χ4v) is 2.76. The molecule has 1 unspecified atom stereocenters. The number of anilines is 2. The second kappa shape index (κ2) is 6.37. The Labute approximate surface area is 127 Å². The van der Waals surface area contributed by atoms with Gasteiger partial charge in [-0.15, -0.1) is 5.10 Å². The molecule has 0 saturated carbocycles. The lowest BCUT2D eigenvalue weighted by Gasteiger charge is -2.10. The maximum Gasteiger partial charge on any atom is 0.320 e. The van der Waals surface area contributed by atoms with Crippen LogP contribution in [-0.2, 0) is 0 Å². The summed E-state index contributed by atoms with van der Waals surface area (Å²) < 4.78 is 6.69. The number of nitrogens with one attached hydrogen (secondary N) is 2. The van der Waals surface area contributed by atoms with Crippen molar-refractivity contribution in [2.75, 3.05) is 11.9 Å². The van der Waals surface area contributed by atoms with Crippen LogP contribution in [0.5, 0.6) is 0 Å². The number of aryl methyl sites for hydroxylation is 2. The number of benzene rings is 1. The van der Waals surface area contributed by atoms with Crippen LogP contribution in [0.15, 0.2) is 21.0 Å². The Balaban J connectivity index is 2.19. The zero-order valence-electron chi connectivity index (χ0n) is 12.1. The zero-order valence-corrected chi connectivity index (χ0v) is 13.7. The molecule has 0 aliphatic rings. The second-order valence-electron chi connectivity index (χ2n) is 4.76. The van der Waals surface area contributed by atoms with Crippen LogP contribution in [0.2, 0.25) is 0 Å². The second-order valence-corrected chi connectivity index (χ2v) is 5.68. The first-order valence-electron chi connectivity index (χ1n) is 6.61. The Bertz CT molecular complexity index is 574. The Kier molecular flexibility index (Phi) is 4.77. The summed E-state index contributed by atoms with van der Waals surface area (Å²) >= 11 is 3.49. The number of nitrogens with zero attached hydrogens (tertiary/aromatic N) is 2. The van der Waals surface area contributed by atoms with E-state index in [9.17, 15) is 0 Å². The van der Waals surface area contributed by atoms with E-state index in [1.807, 2.05) is 39.8 Å². The van der Waals surface area contributed by atoms with Crippen LogP contribution < -0.4 is 10.6 Å². The summed E-state index contributed by atoms with van der Waals surface area (Å²) in [5.41, 5.74) is 3.24. The fraction of sp³-hybridized carbons (Fsp3) is 0.429. The summed E-state index contributed by atoms with van der Waals surface area (Å²) in [5.74, 6) is 0.585. The van der Waals surface area contributed by atoms with Gasteiger partial charge in [-0.2, -0.15) is 0 Å². The monoisotopic (exact) mass is 338 g/mol. The molecular weight excluding hydrogens is 320 g/mol. The quantitative estimate of drug-likeness (QED) is 0.866. The fourth-order valence-electron chi connectivity index (χ4n) is 2.07. The van der Waals surface area contributed by atoms with Gasteiger partial charge in [0.05, 0.1) is 6.04 Å². The van der Waals surface area contributed by atoms with Crippen molar-refractivity contribution in [3.63, 3.8) is 0 Å². The minimum absolute atomic E-state index is 0.0511. The summed E-state index contributed by atoms with van der Waals surface area (Å²) in [6, 6.07) is 4.57. The van der Waals surface area contributed by atoms with Gasteiger partial charge < -0.3 is 15.1 Å². The lowest BCUT2D eigenvalue weighted by atomic mass is 10.1. The van der Waals surface area contributed by atoms with Gasteiger partial charge in [0.25, 0.3) is 0 Å². The molecule has 0 aliphatic heterocycles. The van der Waals surface area contributed by atoms with E-state index in [1.165, 1.54) is 0 Å². The first kappa shape index (κ1) is 15.0. The van der Waals surface area contributed by atoms with Crippen LogP contribution in [0.4, 0.5) is 11.7 Å². The molecule has 20 heavy (non-hydrogen) atoms. The molecule has 0 aliphatic carbocycles. The molecule has 1 aromatic heterocycles. The van der Waals surface area contributed by atoms with E-state index in [0.29, 0.717) is 11.9 Å². The average molecular weight is 339 g/mol. The molecule has 108 valence electrons. The van der Waals surface area contributed by atoms with Gasteiger partial charge in [-0.05, 0) is 50.6 Å². The van der Waals surface area contributed by atoms with Crippen molar-refractivity contribution in [1.29, 1.82) is 0 Å². The first-order chi connectivity index (χ1) is 9.51. The Morgan fingerprint density at radius 3 is 2.50 bits per heavy atom. The van der Waals surface area contributed by atoms with Crippen molar-refractivity contribution < 1.29 is 4.42 Å². The highest BCUT2D eigenvalue weighted by molar-refractivity contribution is 9.10. The molecular formula is C14H19BrN4O. The summed E-state index contributed by atoms with van der Waals surface area (Å²) in [6.45, 7) is 8.98. The standard InChI is InChI=1S/C14H19BrN4O/c1-5-16-10(4)13-18-19-14(20-13)17-12-8(2)6-11(15)7-9(12)3/h6-7,10,16H,5H2,1-4H3,(H,17,19). The van der Waals surface area contributed by atoms with Gasteiger partial charge in [0.2, 0.25) is 5.89 Å². The maximum absolute atomic E-state index is 5.63. The highest BCUT2D eigenvalue weighted by Crippen LogP contribution is 2.28. The molecule has 0 radical (unpaired) electrons. The molecule has 1 aromatic carbocycles. The number of aromatic nitrogens is 2. The van der Waals surface area contributed by atoms with E-state index in [2.05, 4.69) is 36.8 Å². The van der Waals surface area contributed by atoms with Crippen molar-refractivity contribution in [2.45, 2.75) is 33.7 Å². The highest BCUT2D eigenvalue weighted by atomic mass is 79.9. The van der Waals surface area contributed by atoms with Crippen LogP contribution >= 0.6 is 15.9 Å². The van der Waals surface area contributed by atoms with E-state index in [-0.39, 0.29) is 6.04 Å². The highest BCUT2D eigenvalue weighted by Gasteiger charge is 2.14. The van der Waals surface area contributed by atoms with Crippen LogP contribution in [-0.4, -0.2) is 16.7 Å². The first-order valence-corrected chi connectivity index (χ1v) is 7.41. The molecule has 0 amide bonds. The summed E-state index contributed by atoms with van der Waals surface area (Å²) in [7, 11) is 0. The van der Waals surface area contributed by atoms with E-state index in [4.69, 9.17) is 4.42 Å². The van der Waals surface area contributed by atoms with Crippen LogP contribution in [0, 0.1) is 13.8 Å². The Morgan fingerprint density at radius 2 is 1.90 bits per heavy atom. The third-order valence-corrected chi connectivity index (χ3v) is 3.51. The predicted molar refractivity (Wildman–Crippen MR) is 83.3 cm³/mol. The lowest BCUT2D eigenvalue weighted by molar-refractivity contribution is 0.430. The molecule has 2 rings (SSSR count). The van der Waals surface area contributed by atoms with Gasteiger partial charge in [-0.3, -0.25) is 0 Å². The van der Waals surface area contributed by atoms with Gasteiger partial charge in [0.1, 0.15) is 0 Å². The summed E-state index contributed by atoms with van der Waals surface area (Å²) in [4.78, 5) is 0. The normalized spacial score (nSPS) is 12.4. The number of hydrogen-bond donors (Lipinski definition) is 2. The van der Waals surface area contributed by atoms with Gasteiger partial charge >= 0.3 is 6.01 Å². The van der Waals surface area contributed by atoms with E-state index >= 15 is 0 Å². The smallest absolute Gasteiger partial charge is 0.320 e. The molecule has 1 heterocycles. The van der Waals surface area contributed by atoms with Gasteiger partial charge in [0, 0.05) is 10.2 Å². The SMILES string of the molecule is CCNC(C)c1nnc(Nc2c(C)cc(Br)cc2C)o1. The molecule has 2 N–H and O–H groups in total. The number of hydrogen-bond acceptors (Lipinski definition) is 5. The van der Waals surface area contributed by atoms with E-state index < -0.39 is 0 Å². The topological polar surface area (TPSA) is 63.0 Å². The minimum atomic E-state index is 0.0511. The van der Waals surface area contributed by atoms with E-state index in [0.717, 1.165) is 27.8 Å². The largest absolute Gasteiger partial charge is 0.406 e. The average Bonchev–Trinajstić information content (AvgIpc) is 2.82. The van der Waals surface area contributed by atoms with E-state index in [1.54, 1.807) is 0 Å². The molecule has 2 aromatic rings. The minimum Gasteiger partial charge on any atom is -0.406 e. The summed E-state index contributed by atoms with van der Waals surface area (Å²) in [5, 5.41) is 14.5. The third kappa shape index (κ3) is 3.37. The molecule has 6 heteroatoms. The van der Waals surface area contributed by atoms with Gasteiger partial charge in [-0.25, -0.2) is 0 Å². The van der Waals surface area contributed by atoms with Gasteiger partial charge in [0.15, 0.2) is 0 Å². The Hall–Kier alpha value is -1.40. The molecule has 0 saturated heterocycles. The molecule has 0 spiro atoms. The van der Waals surface area contributed by atoms with Crippen molar-refractivity contribution in [2.24, 2.45) is 0 Å².